The summed E-state index contributed by atoms with van der Waals surface area (Å²) in [5.41, 5.74) is 11.5. The number of quaternary nitrogens is 1. The maximum absolute atomic E-state index is 14.5. The summed E-state index contributed by atoms with van der Waals surface area (Å²) in [5, 5.41) is 11.7. The van der Waals surface area contributed by atoms with Gasteiger partial charge in [0.15, 0.2) is 5.82 Å². The number of urea groups is 1. The molecule has 5 aromatic carbocycles. The van der Waals surface area contributed by atoms with Crippen molar-refractivity contribution in [3.63, 3.8) is 0 Å². The number of primary amides is 1. The maximum Gasteiger partial charge on any atom is 0.408 e. The van der Waals surface area contributed by atoms with Gasteiger partial charge in [0, 0.05) is 86.9 Å². The van der Waals surface area contributed by atoms with Gasteiger partial charge in [-0.2, -0.15) is 0 Å². The summed E-state index contributed by atoms with van der Waals surface area (Å²) in [5.74, 6) is 0.644. The molecule has 1 aliphatic heterocycles. The molecule has 2 unspecified atom stereocenters. The SMILES string of the molecule is COc1ccccc1-c1nccc(COc2ccccc2CC(C)Oc2ncnc3sc(-c4ccc(F)cc4)c(-c4ccc(OCCN5CC[N+](C)(Cc6ccc(NC(=O)C(CCCNC(N)=O)NC(=O)CNC(=O)OC(C)(C)C)cc6CN(C)C(=O)CCCC(=O)OC(C)(C)C)CC5)c(Cl)c4C)c23)n1. The molecule has 9 rings (SSSR count). The fourth-order valence-corrected chi connectivity index (χ4v) is 13.5. The normalized spacial score (nSPS) is 13.6. The molecule has 27 heteroatoms. The molecule has 1 aliphatic rings. The molecular weight excluding hydrogens is 1380 g/mol. The van der Waals surface area contributed by atoms with Crippen molar-refractivity contribution < 1.29 is 66.1 Å². The topological polar surface area (TPSA) is 290 Å². The van der Waals surface area contributed by atoms with E-state index in [-0.39, 0.29) is 63.1 Å². The van der Waals surface area contributed by atoms with Crippen LogP contribution in [0.25, 0.3) is 43.2 Å². The molecule has 558 valence electrons. The van der Waals surface area contributed by atoms with Crippen molar-refractivity contribution in [1.82, 2.24) is 45.7 Å². The average Bonchev–Trinajstić information content (AvgIpc) is 1.63. The summed E-state index contributed by atoms with van der Waals surface area (Å²) in [6, 6.07) is 31.2. The highest BCUT2D eigenvalue weighted by atomic mass is 35.5. The molecule has 0 bridgehead atoms. The Labute approximate surface area is 621 Å². The number of aromatic nitrogens is 4. The van der Waals surface area contributed by atoms with Gasteiger partial charge < -0.3 is 64.8 Å². The van der Waals surface area contributed by atoms with Crippen LogP contribution in [-0.2, 0) is 54.8 Å². The van der Waals surface area contributed by atoms with Crippen molar-refractivity contribution in [2.24, 2.45) is 5.73 Å². The monoisotopic (exact) mass is 1480 g/mol. The second kappa shape index (κ2) is 36.1. The molecule has 0 saturated carbocycles. The third-order valence-corrected chi connectivity index (χ3v) is 19.1. The zero-order valence-electron chi connectivity index (χ0n) is 61.5. The number of alkyl carbamates (subject to hydrolysis) is 1. The lowest BCUT2D eigenvalue weighted by atomic mass is 9.96. The number of halogens is 2. The van der Waals surface area contributed by atoms with Gasteiger partial charge in [0.2, 0.25) is 23.6 Å². The van der Waals surface area contributed by atoms with Crippen molar-refractivity contribution in [2.75, 3.05) is 78.9 Å². The highest BCUT2D eigenvalue weighted by Gasteiger charge is 2.32. The Balaban J connectivity index is 0.866. The van der Waals surface area contributed by atoms with Crippen molar-refractivity contribution in [3.05, 3.63) is 161 Å². The lowest BCUT2D eigenvalue weighted by Crippen LogP contribution is -2.57. The molecule has 2 atom stereocenters. The van der Waals surface area contributed by atoms with E-state index in [1.165, 1.54) is 29.8 Å². The Morgan fingerprint density at radius 2 is 1.52 bits per heavy atom. The predicted octanol–water partition coefficient (Wildman–Crippen LogP) is 12.4. The minimum absolute atomic E-state index is 0.0834. The van der Waals surface area contributed by atoms with Crippen molar-refractivity contribution in [3.8, 4) is 56.1 Å². The summed E-state index contributed by atoms with van der Waals surface area (Å²) < 4.78 is 51.2. The predicted molar refractivity (Wildman–Crippen MR) is 402 cm³/mol. The lowest BCUT2D eigenvalue weighted by molar-refractivity contribution is -0.926. The zero-order valence-corrected chi connectivity index (χ0v) is 63.1. The van der Waals surface area contributed by atoms with Gasteiger partial charge in [-0.1, -0.05) is 66.2 Å². The minimum atomic E-state index is -1.09. The quantitative estimate of drug-likeness (QED) is 0.0149. The molecule has 1 saturated heterocycles. The van der Waals surface area contributed by atoms with Gasteiger partial charge in [-0.3, -0.25) is 24.1 Å². The summed E-state index contributed by atoms with van der Waals surface area (Å²) in [6.07, 6.45) is 3.35. The van der Waals surface area contributed by atoms with E-state index in [1.54, 1.807) is 85.0 Å². The van der Waals surface area contributed by atoms with Gasteiger partial charge >= 0.3 is 18.1 Å². The maximum atomic E-state index is 14.5. The average molecular weight is 1480 g/mol. The summed E-state index contributed by atoms with van der Waals surface area (Å²) in [4.78, 5) is 102. The molecule has 3 aromatic heterocycles. The van der Waals surface area contributed by atoms with E-state index in [0.29, 0.717) is 92.6 Å². The first-order valence-corrected chi connectivity index (χ1v) is 36.2. The summed E-state index contributed by atoms with van der Waals surface area (Å²) >= 11 is 8.79. The van der Waals surface area contributed by atoms with Crippen LogP contribution < -0.4 is 45.9 Å². The molecule has 4 heterocycles. The molecular formula is C78H95ClFN12O12S+. The number of nitrogens with two attached hydrogens (primary N) is 1. The molecule has 105 heavy (non-hydrogen) atoms. The number of nitrogens with one attached hydrogen (secondary N) is 4. The zero-order chi connectivity index (χ0) is 75.6. The number of amides is 6. The smallest absolute Gasteiger partial charge is 0.408 e. The second-order valence-corrected chi connectivity index (χ2v) is 29.7. The highest BCUT2D eigenvalue weighted by molar-refractivity contribution is 7.22. The number of methoxy groups -OCH3 is 1. The number of ether oxygens (including phenoxy) is 6. The number of benzene rings is 5. The fraction of sp³-hybridized carbons (Fsp3) is 0.410. The largest absolute Gasteiger partial charge is 0.496 e. The Morgan fingerprint density at radius 1 is 0.800 bits per heavy atom. The fourth-order valence-electron chi connectivity index (χ4n) is 12.2. The molecule has 24 nitrogen and oxygen atoms in total. The number of anilines is 1. The Hall–Kier alpha value is -10.0. The van der Waals surface area contributed by atoms with E-state index in [4.69, 9.17) is 60.7 Å². The van der Waals surface area contributed by atoms with Gasteiger partial charge in [-0.25, -0.2) is 33.9 Å². The van der Waals surface area contributed by atoms with Crippen LogP contribution in [0, 0.1) is 12.7 Å². The third kappa shape index (κ3) is 23.0. The Kier molecular flexibility index (Phi) is 27.2. The second-order valence-electron chi connectivity index (χ2n) is 28.3. The van der Waals surface area contributed by atoms with Crippen LogP contribution >= 0.6 is 22.9 Å². The van der Waals surface area contributed by atoms with Crippen LogP contribution in [0.3, 0.4) is 0 Å². The van der Waals surface area contributed by atoms with Gasteiger partial charge in [0.1, 0.15) is 83.9 Å². The highest BCUT2D eigenvalue weighted by Crippen LogP contribution is 2.50. The molecule has 0 radical (unpaired) electrons. The van der Waals surface area contributed by atoms with Crippen LogP contribution in [0.1, 0.15) is 109 Å². The van der Waals surface area contributed by atoms with Crippen molar-refractivity contribution in [2.45, 2.75) is 137 Å². The molecule has 0 spiro atoms. The molecule has 0 aliphatic carbocycles. The van der Waals surface area contributed by atoms with E-state index in [0.717, 1.165) is 75.6 Å². The van der Waals surface area contributed by atoms with Crippen LogP contribution in [0.4, 0.5) is 19.7 Å². The van der Waals surface area contributed by atoms with Gasteiger partial charge in [-0.05, 0) is 157 Å². The Morgan fingerprint density at radius 3 is 2.25 bits per heavy atom. The van der Waals surface area contributed by atoms with Crippen LogP contribution in [-0.4, -0.2) is 167 Å². The minimum Gasteiger partial charge on any atom is -0.496 e. The number of piperazine rings is 1. The van der Waals surface area contributed by atoms with Gasteiger partial charge in [0.25, 0.3) is 0 Å². The molecule has 1 fully saturated rings. The Bertz CT molecular complexity index is 4370. The number of thiophene rings is 1. The number of carbonyl (C=O) groups is 6. The van der Waals surface area contributed by atoms with Gasteiger partial charge in [-0.15, -0.1) is 11.3 Å². The van der Waals surface area contributed by atoms with E-state index in [2.05, 4.69) is 38.2 Å². The lowest BCUT2D eigenvalue weighted by Gasteiger charge is -2.42. The number of likely N-dealkylation sites (N-methyl/N-ethyl adjacent to an activating group) is 1. The first kappa shape index (κ1) is 79.1. The molecule has 8 aromatic rings. The number of esters is 1. The standard InChI is InChI=1S/C78H94ClFN12O12S/c1-49(42-52-18-12-14-21-61(52)101-47-57-33-35-82-71(87-57)59-19-13-15-22-62(59)99-11)102-73-68-67(70(105-74(68)86-48-85-73)51-25-28-55(80)29-26-51)58-31-32-63(69(79)50(58)2)100-41-38-91-36-39-92(10,40-37-91)46-53-27-30-56(43-54(53)45-90(9)65(94)23-16-24-66(95)103-77(3,4)5)88-72(96)60(20-17-34-83-75(81)97)89-64(93)44-84-76(98)104-78(6,7)8/h12-15,18-19,21-22,25-33,35,43,48-49,60H,16-17,20,23-24,34,36-42,44-47H2,1-11H3,(H5-,81,83,84,88,89,93,96,97,98)/p+1. The van der Waals surface area contributed by atoms with Gasteiger partial charge in [0.05, 0.1) is 48.9 Å². The van der Waals surface area contributed by atoms with Crippen LogP contribution in [0.5, 0.6) is 23.1 Å². The van der Waals surface area contributed by atoms with Crippen molar-refractivity contribution >= 4 is 74.7 Å². The third-order valence-electron chi connectivity index (χ3n) is 17.5. The molecule has 6 amide bonds. The summed E-state index contributed by atoms with van der Waals surface area (Å²) in [6.45, 7) is 19.0. The number of hydrogen-bond acceptors (Lipinski definition) is 18. The van der Waals surface area contributed by atoms with E-state index >= 15 is 0 Å². The number of hydrogen-bond donors (Lipinski definition) is 5. The van der Waals surface area contributed by atoms with Crippen LogP contribution in [0.2, 0.25) is 5.02 Å². The first-order chi connectivity index (χ1) is 50.0. The first-order valence-electron chi connectivity index (χ1n) is 35.0. The van der Waals surface area contributed by atoms with Crippen molar-refractivity contribution in [1.29, 1.82) is 0 Å². The number of para-hydroxylation sites is 2. The van der Waals surface area contributed by atoms with E-state index < -0.39 is 53.8 Å². The summed E-state index contributed by atoms with van der Waals surface area (Å²) in [7, 11) is 5.51. The van der Waals surface area contributed by atoms with E-state index in [9.17, 15) is 33.2 Å². The number of fused-ring (bicyclic) bond motifs is 1. The number of nitrogens with zero attached hydrogens (tertiary/aromatic N) is 7. The number of carbonyl (C=O) groups excluding carboxylic acids is 6. The van der Waals surface area contributed by atoms with E-state index in [1.807, 2.05) is 92.7 Å². The number of rotatable bonds is 32. The van der Waals surface area contributed by atoms with Crippen LogP contribution in [0.15, 0.2) is 122 Å². The molecule has 6 N–H and O–H groups in total.